The van der Waals surface area contributed by atoms with Gasteiger partial charge in [0.25, 0.3) is 0 Å². The fraction of sp³-hybridized carbons (Fsp3) is 0.345. The topological polar surface area (TPSA) is 78.3 Å². The predicted octanol–water partition coefficient (Wildman–Crippen LogP) is 4.90. The third-order valence-corrected chi connectivity index (χ3v) is 7.23. The van der Waals surface area contributed by atoms with Gasteiger partial charge in [-0.05, 0) is 61.3 Å². The maximum Gasteiger partial charge on any atom is 0.323 e. The molecule has 1 fully saturated rings. The van der Waals surface area contributed by atoms with Crippen molar-refractivity contribution in [2.75, 3.05) is 43.9 Å². The Labute approximate surface area is 218 Å². The van der Waals surface area contributed by atoms with Crippen molar-refractivity contribution in [1.29, 1.82) is 0 Å². The monoisotopic (exact) mass is 497 g/mol. The average molecular weight is 498 g/mol. The zero-order valence-corrected chi connectivity index (χ0v) is 22.1. The number of rotatable bonds is 6. The van der Waals surface area contributed by atoms with Gasteiger partial charge >= 0.3 is 6.03 Å². The van der Waals surface area contributed by atoms with Gasteiger partial charge in [0, 0.05) is 68.3 Å². The van der Waals surface area contributed by atoms with Gasteiger partial charge in [-0.1, -0.05) is 25.1 Å². The van der Waals surface area contributed by atoms with Crippen LogP contribution in [0.5, 0.6) is 0 Å². The van der Waals surface area contributed by atoms with Crippen LogP contribution in [0, 0.1) is 6.92 Å². The van der Waals surface area contributed by atoms with Crippen LogP contribution in [0.1, 0.15) is 23.7 Å². The molecule has 8 heteroatoms. The van der Waals surface area contributed by atoms with Gasteiger partial charge in [-0.3, -0.25) is 14.6 Å². The number of hydrogen-bond acceptors (Lipinski definition) is 5. The molecular weight excluding hydrogens is 462 g/mol. The predicted molar refractivity (Wildman–Crippen MR) is 150 cm³/mol. The van der Waals surface area contributed by atoms with Crippen LogP contribution in [0.15, 0.2) is 54.9 Å². The van der Waals surface area contributed by atoms with Crippen LogP contribution in [0.3, 0.4) is 0 Å². The van der Waals surface area contributed by atoms with Crippen molar-refractivity contribution in [3.8, 4) is 11.1 Å². The van der Waals surface area contributed by atoms with Gasteiger partial charge < -0.3 is 15.5 Å². The lowest BCUT2D eigenvalue weighted by atomic mass is 10.0. The molecule has 2 N–H and O–H groups in total. The molecule has 3 heterocycles. The summed E-state index contributed by atoms with van der Waals surface area (Å²) in [6.07, 6.45) is 4.63. The van der Waals surface area contributed by atoms with Crippen molar-refractivity contribution in [3.63, 3.8) is 0 Å². The number of amides is 2. The fourth-order valence-corrected chi connectivity index (χ4v) is 5.08. The number of aromatic nitrogens is 3. The number of benzene rings is 2. The Balaban J connectivity index is 1.24. The highest BCUT2D eigenvalue weighted by atomic mass is 16.2. The van der Waals surface area contributed by atoms with Gasteiger partial charge in [-0.25, -0.2) is 4.79 Å². The summed E-state index contributed by atoms with van der Waals surface area (Å²) in [5.41, 5.74) is 8.17. The third-order valence-electron chi connectivity index (χ3n) is 7.23. The minimum atomic E-state index is -0.256. The molecule has 0 unspecified atom stereocenters. The lowest BCUT2D eigenvalue weighted by molar-refractivity contribution is 0.148. The Morgan fingerprint density at radius 3 is 2.35 bits per heavy atom. The Hall–Kier alpha value is -3.75. The van der Waals surface area contributed by atoms with Gasteiger partial charge in [-0.15, -0.1) is 0 Å². The minimum Gasteiger partial charge on any atom is -0.308 e. The van der Waals surface area contributed by atoms with E-state index in [0.29, 0.717) is 0 Å². The molecule has 0 aliphatic carbocycles. The Kier molecular flexibility index (Phi) is 7.21. The van der Waals surface area contributed by atoms with E-state index in [1.807, 2.05) is 61.4 Å². The maximum atomic E-state index is 12.7. The summed E-state index contributed by atoms with van der Waals surface area (Å²) in [6, 6.07) is 13.8. The molecule has 2 amide bonds. The first-order valence-electron chi connectivity index (χ1n) is 12.9. The van der Waals surface area contributed by atoms with Gasteiger partial charge in [0.05, 0.1) is 17.4 Å². The Morgan fingerprint density at radius 1 is 0.919 bits per heavy atom. The van der Waals surface area contributed by atoms with Crippen molar-refractivity contribution in [2.45, 2.75) is 26.8 Å². The number of pyridine rings is 1. The van der Waals surface area contributed by atoms with E-state index in [1.165, 1.54) is 11.1 Å². The second kappa shape index (κ2) is 10.7. The van der Waals surface area contributed by atoms with E-state index in [4.69, 9.17) is 0 Å². The highest BCUT2D eigenvalue weighted by Crippen LogP contribution is 2.30. The van der Waals surface area contributed by atoms with Crippen LogP contribution < -0.4 is 10.6 Å². The number of nitrogens with zero attached hydrogens (tertiary/aromatic N) is 5. The fourth-order valence-electron chi connectivity index (χ4n) is 5.08. The van der Waals surface area contributed by atoms with Crippen molar-refractivity contribution in [3.05, 3.63) is 71.7 Å². The number of hydrogen-bond donors (Lipinski definition) is 2. The van der Waals surface area contributed by atoms with Gasteiger partial charge in [0.2, 0.25) is 0 Å². The van der Waals surface area contributed by atoms with Gasteiger partial charge in [-0.2, -0.15) is 5.10 Å². The highest BCUT2D eigenvalue weighted by Gasteiger charge is 2.16. The van der Waals surface area contributed by atoms with Crippen LogP contribution in [0.2, 0.25) is 0 Å². The molecule has 37 heavy (non-hydrogen) atoms. The summed E-state index contributed by atoms with van der Waals surface area (Å²) in [5.74, 6) is 0. The molecular formula is C29H35N7O. The molecule has 0 spiro atoms. The molecule has 8 nitrogen and oxygen atoms in total. The molecule has 0 atom stereocenters. The molecule has 0 radical (unpaired) electrons. The first-order chi connectivity index (χ1) is 17.9. The smallest absolute Gasteiger partial charge is 0.308 e. The Bertz CT molecular complexity index is 1400. The SMILES string of the molecule is CCc1cc(NC(=O)Nc2ccc(-c3cncc4c3c(C)nn4C)cc2)ccc1CN1CCN(C)CC1. The van der Waals surface area contributed by atoms with E-state index in [9.17, 15) is 4.79 Å². The van der Waals surface area contributed by atoms with E-state index < -0.39 is 0 Å². The molecule has 1 saturated heterocycles. The van der Waals surface area contributed by atoms with E-state index in [1.54, 1.807) is 0 Å². The standard InChI is InChI=1S/C29H35N7O/c1-5-21-16-25(11-8-23(21)19-36-14-12-34(3)13-15-36)32-29(37)31-24-9-6-22(7-10-24)26-17-30-18-27-28(26)20(2)33-35(27)4/h6-11,16-18H,5,12-15,19H2,1-4H3,(H2,31,32,37). The summed E-state index contributed by atoms with van der Waals surface area (Å²) in [5, 5.41) is 11.6. The van der Waals surface area contributed by atoms with E-state index in [-0.39, 0.29) is 6.03 Å². The van der Waals surface area contributed by atoms with Crippen LogP contribution in [0.25, 0.3) is 22.0 Å². The van der Waals surface area contributed by atoms with Gasteiger partial charge in [0.15, 0.2) is 0 Å². The number of carbonyl (C=O) groups excluding carboxylic acids is 1. The number of anilines is 2. The molecule has 2 aromatic heterocycles. The minimum absolute atomic E-state index is 0.256. The summed E-state index contributed by atoms with van der Waals surface area (Å²) >= 11 is 0. The normalized spacial score (nSPS) is 14.7. The molecule has 0 bridgehead atoms. The zero-order chi connectivity index (χ0) is 25.9. The van der Waals surface area contributed by atoms with Crippen molar-refractivity contribution >= 4 is 28.3 Å². The van der Waals surface area contributed by atoms with Crippen LogP contribution in [0.4, 0.5) is 16.2 Å². The second-order valence-electron chi connectivity index (χ2n) is 9.86. The maximum absolute atomic E-state index is 12.7. The molecule has 5 rings (SSSR count). The number of likely N-dealkylation sites (N-methyl/N-ethyl adjacent to an activating group) is 1. The average Bonchev–Trinajstić information content (AvgIpc) is 3.20. The van der Waals surface area contributed by atoms with E-state index >= 15 is 0 Å². The quantitative estimate of drug-likeness (QED) is 0.396. The second-order valence-corrected chi connectivity index (χ2v) is 9.86. The number of aryl methyl sites for hydroxylation is 3. The van der Waals surface area contributed by atoms with E-state index in [2.05, 4.69) is 56.6 Å². The largest absolute Gasteiger partial charge is 0.323 e. The van der Waals surface area contributed by atoms with Crippen molar-refractivity contribution in [1.82, 2.24) is 24.6 Å². The molecule has 1 aliphatic heterocycles. The van der Waals surface area contributed by atoms with Crippen molar-refractivity contribution in [2.24, 2.45) is 7.05 Å². The molecule has 2 aromatic carbocycles. The van der Waals surface area contributed by atoms with Crippen LogP contribution >= 0.6 is 0 Å². The Morgan fingerprint density at radius 2 is 1.62 bits per heavy atom. The first kappa shape index (κ1) is 24.9. The molecule has 0 saturated carbocycles. The van der Waals surface area contributed by atoms with E-state index in [0.717, 1.165) is 78.2 Å². The highest BCUT2D eigenvalue weighted by molar-refractivity contribution is 6.00. The number of nitrogens with one attached hydrogen (secondary N) is 2. The summed E-state index contributed by atoms with van der Waals surface area (Å²) in [6.45, 7) is 9.53. The third kappa shape index (κ3) is 5.50. The lowest BCUT2D eigenvalue weighted by Crippen LogP contribution is -2.44. The molecule has 4 aromatic rings. The van der Waals surface area contributed by atoms with Crippen molar-refractivity contribution < 1.29 is 4.79 Å². The molecule has 1 aliphatic rings. The van der Waals surface area contributed by atoms with Gasteiger partial charge in [0.1, 0.15) is 0 Å². The summed E-state index contributed by atoms with van der Waals surface area (Å²) in [7, 11) is 4.10. The zero-order valence-electron chi connectivity index (χ0n) is 22.1. The molecule has 192 valence electrons. The first-order valence-corrected chi connectivity index (χ1v) is 12.9. The van der Waals surface area contributed by atoms with Crippen LogP contribution in [-0.4, -0.2) is 63.8 Å². The lowest BCUT2D eigenvalue weighted by Gasteiger charge is -2.32. The summed E-state index contributed by atoms with van der Waals surface area (Å²) < 4.78 is 1.85. The number of urea groups is 1. The number of fused-ring (bicyclic) bond motifs is 1. The number of piperazine rings is 1. The summed E-state index contributed by atoms with van der Waals surface area (Å²) in [4.78, 5) is 22.0. The van der Waals surface area contributed by atoms with Crippen LogP contribution in [-0.2, 0) is 20.0 Å². The number of carbonyl (C=O) groups is 1.